The summed E-state index contributed by atoms with van der Waals surface area (Å²) in [5.74, 6) is 0.199. The molecule has 1 atom stereocenters. The molecule has 0 saturated heterocycles. The quantitative estimate of drug-likeness (QED) is 0.803. The van der Waals surface area contributed by atoms with Gasteiger partial charge in [-0.2, -0.15) is 0 Å². The summed E-state index contributed by atoms with van der Waals surface area (Å²) in [6.07, 6.45) is 0. The summed E-state index contributed by atoms with van der Waals surface area (Å²) in [7, 11) is 0. The van der Waals surface area contributed by atoms with Crippen LogP contribution in [0.15, 0.2) is 12.1 Å². The summed E-state index contributed by atoms with van der Waals surface area (Å²) in [4.78, 5) is 0. The molecule has 0 amide bonds. The normalized spacial score (nSPS) is 12.0. The zero-order valence-corrected chi connectivity index (χ0v) is 9.07. The fourth-order valence-corrected chi connectivity index (χ4v) is 1.61. The molecule has 1 aromatic rings. The lowest BCUT2D eigenvalue weighted by molar-refractivity contribution is 0.433. The van der Waals surface area contributed by atoms with Crippen LogP contribution in [0.5, 0.6) is 5.75 Å². The number of hydrogen-bond acceptors (Lipinski definition) is 2. The predicted octanol–water partition coefficient (Wildman–Crippen LogP) is 2.40. The average Bonchev–Trinajstić information content (AvgIpc) is 2.02. The SMILES string of the molecule is Cc1cc(O)cc(C)c1[C@H](N)CF.Cl. The highest BCUT2D eigenvalue weighted by Crippen LogP contribution is 2.25. The average molecular weight is 220 g/mol. The van der Waals surface area contributed by atoms with Gasteiger partial charge in [-0.15, -0.1) is 12.4 Å². The van der Waals surface area contributed by atoms with E-state index in [1.807, 2.05) is 13.8 Å². The minimum Gasteiger partial charge on any atom is -0.508 e. The van der Waals surface area contributed by atoms with Crippen molar-refractivity contribution in [3.05, 3.63) is 28.8 Å². The van der Waals surface area contributed by atoms with Crippen LogP contribution < -0.4 is 5.73 Å². The van der Waals surface area contributed by atoms with Crippen molar-refractivity contribution in [3.8, 4) is 5.75 Å². The molecule has 0 aliphatic carbocycles. The summed E-state index contributed by atoms with van der Waals surface area (Å²) in [6.45, 7) is 3.06. The Labute approximate surface area is 89.3 Å². The van der Waals surface area contributed by atoms with Gasteiger partial charge in [0.1, 0.15) is 12.4 Å². The molecule has 80 valence electrons. The molecule has 14 heavy (non-hydrogen) atoms. The van der Waals surface area contributed by atoms with Crippen LogP contribution in [0, 0.1) is 13.8 Å². The summed E-state index contributed by atoms with van der Waals surface area (Å²) < 4.78 is 12.3. The molecule has 0 fully saturated rings. The zero-order chi connectivity index (χ0) is 10.0. The topological polar surface area (TPSA) is 46.2 Å². The fraction of sp³-hybridized carbons (Fsp3) is 0.400. The van der Waals surface area contributed by atoms with E-state index in [9.17, 15) is 9.50 Å². The molecule has 1 aromatic carbocycles. The number of halogens is 2. The van der Waals surface area contributed by atoms with Gasteiger partial charge in [-0.05, 0) is 42.7 Å². The number of nitrogens with two attached hydrogens (primary N) is 1. The van der Waals surface area contributed by atoms with Crippen LogP contribution in [0.25, 0.3) is 0 Å². The van der Waals surface area contributed by atoms with Crippen LogP contribution in [-0.2, 0) is 0 Å². The highest BCUT2D eigenvalue weighted by Gasteiger charge is 2.12. The molecular formula is C10H15ClFNO. The van der Waals surface area contributed by atoms with Crippen LogP contribution in [0.2, 0.25) is 0 Å². The first kappa shape index (κ1) is 13.2. The Bertz CT molecular complexity index is 294. The number of aryl methyl sites for hydroxylation is 2. The molecular weight excluding hydrogens is 205 g/mol. The van der Waals surface area contributed by atoms with Gasteiger partial charge in [-0.25, -0.2) is 4.39 Å². The van der Waals surface area contributed by atoms with E-state index in [1.54, 1.807) is 12.1 Å². The Morgan fingerprint density at radius 2 is 1.79 bits per heavy atom. The van der Waals surface area contributed by atoms with Gasteiger partial charge in [0, 0.05) is 0 Å². The largest absolute Gasteiger partial charge is 0.508 e. The maximum atomic E-state index is 12.3. The van der Waals surface area contributed by atoms with E-state index >= 15 is 0 Å². The third kappa shape index (κ3) is 2.59. The van der Waals surface area contributed by atoms with Crippen molar-refractivity contribution in [2.75, 3.05) is 6.67 Å². The second-order valence-electron chi connectivity index (χ2n) is 3.25. The van der Waals surface area contributed by atoms with Gasteiger partial charge < -0.3 is 10.8 Å². The van der Waals surface area contributed by atoms with E-state index in [1.165, 1.54) is 0 Å². The molecule has 1 rings (SSSR count). The van der Waals surface area contributed by atoms with Crippen molar-refractivity contribution in [1.82, 2.24) is 0 Å². The predicted molar refractivity (Wildman–Crippen MR) is 57.7 cm³/mol. The molecule has 2 nitrogen and oxygen atoms in total. The zero-order valence-electron chi connectivity index (χ0n) is 8.25. The van der Waals surface area contributed by atoms with E-state index in [2.05, 4.69) is 0 Å². The Kier molecular flexibility index (Phi) is 4.88. The first-order chi connectivity index (χ1) is 6.06. The van der Waals surface area contributed by atoms with Crippen molar-refractivity contribution in [2.45, 2.75) is 19.9 Å². The Morgan fingerprint density at radius 1 is 1.36 bits per heavy atom. The minimum absolute atomic E-state index is 0. The number of phenolic OH excluding ortho intramolecular Hbond substituents is 1. The van der Waals surface area contributed by atoms with Gasteiger partial charge in [0.05, 0.1) is 6.04 Å². The van der Waals surface area contributed by atoms with Crippen LogP contribution >= 0.6 is 12.4 Å². The molecule has 0 spiro atoms. The lowest BCUT2D eigenvalue weighted by Gasteiger charge is -2.14. The maximum absolute atomic E-state index is 12.3. The second-order valence-corrected chi connectivity index (χ2v) is 3.25. The van der Waals surface area contributed by atoms with Crippen molar-refractivity contribution in [1.29, 1.82) is 0 Å². The lowest BCUT2D eigenvalue weighted by atomic mass is 9.97. The molecule has 0 saturated carbocycles. The summed E-state index contributed by atoms with van der Waals surface area (Å²) in [5.41, 5.74) is 8.05. The minimum atomic E-state index is -0.583. The molecule has 0 heterocycles. The third-order valence-corrected chi connectivity index (χ3v) is 2.12. The van der Waals surface area contributed by atoms with Crippen LogP contribution in [0.4, 0.5) is 4.39 Å². The monoisotopic (exact) mass is 219 g/mol. The van der Waals surface area contributed by atoms with Crippen molar-refractivity contribution in [2.24, 2.45) is 5.73 Å². The van der Waals surface area contributed by atoms with E-state index in [0.29, 0.717) is 0 Å². The summed E-state index contributed by atoms with van der Waals surface area (Å²) >= 11 is 0. The highest BCUT2D eigenvalue weighted by atomic mass is 35.5. The van der Waals surface area contributed by atoms with Crippen molar-refractivity contribution < 1.29 is 9.50 Å². The lowest BCUT2D eigenvalue weighted by Crippen LogP contribution is -2.15. The third-order valence-electron chi connectivity index (χ3n) is 2.12. The van der Waals surface area contributed by atoms with E-state index in [-0.39, 0.29) is 18.2 Å². The van der Waals surface area contributed by atoms with Crippen LogP contribution in [0.3, 0.4) is 0 Å². The Balaban J connectivity index is 0.00000169. The number of alkyl halides is 1. The van der Waals surface area contributed by atoms with E-state index in [0.717, 1.165) is 16.7 Å². The molecule has 0 unspecified atom stereocenters. The molecule has 3 N–H and O–H groups in total. The second kappa shape index (κ2) is 5.17. The highest BCUT2D eigenvalue weighted by molar-refractivity contribution is 5.85. The van der Waals surface area contributed by atoms with Gasteiger partial charge in [0.2, 0.25) is 0 Å². The number of benzene rings is 1. The molecule has 0 radical (unpaired) electrons. The van der Waals surface area contributed by atoms with Gasteiger partial charge >= 0.3 is 0 Å². The molecule has 0 aromatic heterocycles. The fourth-order valence-electron chi connectivity index (χ4n) is 1.61. The van der Waals surface area contributed by atoms with Crippen molar-refractivity contribution >= 4 is 12.4 Å². The summed E-state index contributed by atoms with van der Waals surface area (Å²) in [5, 5.41) is 9.24. The number of phenols is 1. The first-order valence-corrected chi connectivity index (χ1v) is 4.18. The number of rotatable bonds is 2. The Morgan fingerprint density at radius 3 is 2.14 bits per heavy atom. The van der Waals surface area contributed by atoms with Gasteiger partial charge in [-0.3, -0.25) is 0 Å². The first-order valence-electron chi connectivity index (χ1n) is 4.18. The van der Waals surface area contributed by atoms with E-state index < -0.39 is 12.7 Å². The van der Waals surface area contributed by atoms with Gasteiger partial charge in [-0.1, -0.05) is 0 Å². The molecule has 0 bridgehead atoms. The van der Waals surface area contributed by atoms with Crippen LogP contribution in [0.1, 0.15) is 22.7 Å². The molecule has 4 heteroatoms. The number of aromatic hydroxyl groups is 1. The standard InChI is InChI=1S/C10H14FNO.ClH/c1-6-3-8(13)4-7(2)10(6)9(12)5-11;/h3-4,9,13H,5,12H2,1-2H3;1H/t9-;/m1./s1. The van der Waals surface area contributed by atoms with Crippen molar-refractivity contribution in [3.63, 3.8) is 0 Å². The Hall–Kier alpha value is -0.800. The molecule has 0 aliphatic rings. The molecule has 0 aliphatic heterocycles. The van der Waals surface area contributed by atoms with Crippen LogP contribution in [-0.4, -0.2) is 11.8 Å². The number of hydrogen-bond donors (Lipinski definition) is 2. The van der Waals surface area contributed by atoms with Gasteiger partial charge in [0.25, 0.3) is 0 Å². The van der Waals surface area contributed by atoms with Gasteiger partial charge in [0.15, 0.2) is 0 Å². The maximum Gasteiger partial charge on any atom is 0.116 e. The smallest absolute Gasteiger partial charge is 0.116 e. The van der Waals surface area contributed by atoms with E-state index in [4.69, 9.17) is 5.73 Å². The summed E-state index contributed by atoms with van der Waals surface area (Å²) in [6, 6.07) is 2.61.